The quantitative estimate of drug-likeness (QED) is 0.848. The van der Waals surface area contributed by atoms with E-state index in [4.69, 9.17) is 0 Å². The van der Waals surface area contributed by atoms with Crippen molar-refractivity contribution in [2.75, 3.05) is 6.54 Å². The fourth-order valence-corrected chi connectivity index (χ4v) is 1.57. The third-order valence-electron chi connectivity index (χ3n) is 2.47. The summed E-state index contributed by atoms with van der Waals surface area (Å²) in [5.41, 5.74) is 1.22. The zero-order valence-corrected chi connectivity index (χ0v) is 9.60. The van der Waals surface area contributed by atoms with Crippen LogP contribution in [0.1, 0.15) is 23.7 Å². The van der Waals surface area contributed by atoms with Crippen LogP contribution in [0.15, 0.2) is 30.5 Å². The van der Waals surface area contributed by atoms with Crippen molar-refractivity contribution in [3.8, 4) is 5.75 Å². The lowest BCUT2D eigenvalue weighted by Crippen LogP contribution is -2.24. The number of phenolic OH excluding ortho intramolecular Hbond substituents is 1. The Morgan fingerprint density at radius 2 is 2.24 bits per heavy atom. The molecular formula is C13H14N2O2. The van der Waals surface area contributed by atoms with E-state index in [0.717, 1.165) is 11.8 Å². The molecule has 0 atom stereocenters. The van der Waals surface area contributed by atoms with Crippen LogP contribution in [0.3, 0.4) is 0 Å². The number of carbonyl (C=O) groups excluding carboxylic acids is 1. The molecule has 1 aromatic heterocycles. The number of amides is 1. The lowest BCUT2D eigenvalue weighted by atomic mass is 10.1. The van der Waals surface area contributed by atoms with Gasteiger partial charge < -0.3 is 10.4 Å². The summed E-state index contributed by atoms with van der Waals surface area (Å²) in [6.45, 7) is 2.66. The second-order valence-electron chi connectivity index (χ2n) is 3.86. The lowest BCUT2D eigenvalue weighted by molar-refractivity contribution is 0.0953. The number of hydrogen-bond acceptors (Lipinski definition) is 3. The first-order valence-corrected chi connectivity index (χ1v) is 5.57. The zero-order chi connectivity index (χ0) is 12.3. The third kappa shape index (κ3) is 2.53. The Labute approximate surface area is 99.3 Å². The van der Waals surface area contributed by atoms with E-state index in [1.165, 1.54) is 6.20 Å². The highest BCUT2D eigenvalue weighted by Crippen LogP contribution is 2.18. The van der Waals surface area contributed by atoms with Gasteiger partial charge >= 0.3 is 0 Å². The molecule has 2 aromatic rings. The Hall–Kier alpha value is -2.10. The van der Waals surface area contributed by atoms with Crippen molar-refractivity contribution in [2.24, 2.45) is 0 Å². The minimum absolute atomic E-state index is 0.116. The molecule has 2 N–H and O–H groups in total. The van der Waals surface area contributed by atoms with Crippen LogP contribution in [0.5, 0.6) is 5.75 Å². The Bertz CT molecular complexity index is 552. The number of fused-ring (bicyclic) bond motifs is 1. The Morgan fingerprint density at radius 3 is 3.00 bits per heavy atom. The van der Waals surface area contributed by atoms with E-state index in [1.807, 2.05) is 6.92 Å². The smallest absolute Gasteiger partial charge is 0.252 e. The lowest BCUT2D eigenvalue weighted by Gasteiger charge is -2.04. The van der Waals surface area contributed by atoms with Gasteiger partial charge in [0.2, 0.25) is 0 Å². The van der Waals surface area contributed by atoms with Gasteiger partial charge in [0.15, 0.2) is 0 Å². The van der Waals surface area contributed by atoms with Crippen molar-refractivity contribution in [2.45, 2.75) is 13.3 Å². The maximum atomic E-state index is 11.7. The highest BCUT2D eigenvalue weighted by molar-refractivity contribution is 5.97. The average molecular weight is 230 g/mol. The number of pyridine rings is 1. The van der Waals surface area contributed by atoms with Crippen LogP contribution >= 0.6 is 0 Å². The Morgan fingerprint density at radius 1 is 1.41 bits per heavy atom. The molecule has 0 unspecified atom stereocenters. The van der Waals surface area contributed by atoms with Crippen molar-refractivity contribution in [3.63, 3.8) is 0 Å². The molecule has 0 radical (unpaired) electrons. The van der Waals surface area contributed by atoms with Crippen LogP contribution < -0.4 is 5.32 Å². The molecule has 17 heavy (non-hydrogen) atoms. The largest absolute Gasteiger partial charge is 0.508 e. The molecule has 0 aliphatic carbocycles. The van der Waals surface area contributed by atoms with E-state index in [2.05, 4.69) is 10.3 Å². The minimum atomic E-state index is -0.116. The van der Waals surface area contributed by atoms with Gasteiger partial charge in [-0.25, -0.2) is 0 Å². The zero-order valence-electron chi connectivity index (χ0n) is 9.60. The van der Waals surface area contributed by atoms with Gasteiger partial charge in [0.05, 0.1) is 11.1 Å². The number of aromatic hydroxyl groups is 1. The summed E-state index contributed by atoms with van der Waals surface area (Å²) < 4.78 is 0. The average Bonchev–Trinajstić information content (AvgIpc) is 2.35. The van der Waals surface area contributed by atoms with Crippen LogP contribution in [0.2, 0.25) is 0 Å². The molecule has 4 heteroatoms. The van der Waals surface area contributed by atoms with Gasteiger partial charge in [-0.05, 0) is 24.6 Å². The number of nitrogens with zero attached hydrogens (tertiary/aromatic N) is 1. The fourth-order valence-electron chi connectivity index (χ4n) is 1.57. The molecule has 88 valence electrons. The van der Waals surface area contributed by atoms with Gasteiger partial charge in [0, 0.05) is 24.2 Å². The molecule has 1 amide bonds. The number of carbonyl (C=O) groups is 1. The summed E-state index contributed by atoms with van der Waals surface area (Å²) >= 11 is 0. The number of aromatic nitrogens is 1. The fraction of sp³-hybridized carbons (Fsp3) is 0.231. The van der Waals surface area contributed by atoms with E-state index in [0.29, 0.717) is 17.6 Å². The van der Waals surface area contributed by atoms with Crippen LogP contribution in [-0.4, -0.2) is 22.5 Å². The van der Waals surface area contributed by atoms with Crippen LogP contribution in [0.25, 0.3) is 10.9 Å². The van der Waals surface area contributed by atoms with Crippen molar-refractivity contribution in [1.82, 2.24) is 10.3 Å². The van der Waals surface area contributed by atoms with Gasteiger partial charge in [-0.2, -0.15) is 0 Å². The highest BCUT2D eigenvalue weighted by atomic mass is 16.3. The second kappa shape index (κ2) is 4.82. The number of rotatable bonds is 3. The van der Waals surface area contributed by atoms with E-state index in [-0.39, 0.29) is 11.7 Å². The summed E-state index contributed by atoms with van der Waals surface area (Å²) in [5.74, 6) is 0.0579. The van der Waals surface area contributed by atoms with E-state index >= 15 is 0 Å². The van der Waals surface area contributed by atoms with Crippen molar-refractivity contribution >= 4 is 16.8 Å². The first-order valence-electron chi connectivity index (χ1n) is 5.57. The SMILES string of the molecule is CCCNC(=O)c1cnc2cc(O)ccc2c1. The first-order chi connectivity index (χ1) is 8.20. The normalized spacial score (nSPS) is 10.4. The molecule has 2 rings (SSSR count). The molecule has 0 aliphatic rings. The Balaban J connectivity index is 2.31. The van der Waals surface area contributed by atoms with Crippen LogP contribution in [0.4, 0.5) is 0 Å². The summed E-state index contributed by atoms with van der Waals surface area (Å²) in [7, 11) is 0. The van der Waals surface area contributed by atoms with Crippen molar-refractivity contribution < 1.29 is 9.90 Å². The van der Waals surface area contributed by atoms with Gasteiger partial charge in [0.25, 0.3) is 5.91 Å². The summed E-state index contributed by atoms with van der Waals surface area (Å²) in [5, 5.41) is 12.9. The van der Waals surface area contributed by atoms with Crippen LogP contribution in [-0.2, 0) is 0 Å². The molecular weight excluding hydrogens is 216 g/mol. The molecule has 0 spiro atoms. The molecule has 0 fully saturated rings. The molecule has 0 bridgehead atoms. The summed E-state index contributed by atoms with van der Waals surface area (Å²) in [6, 6.07) is 6.67. The van der Waals surface area contributed by atoms with E-state index in [1.54, 1.807) is 24.3 Å². The van der Waals surface area contributed by atoms with Crippen molar-refractivity contribution in [3.05, 3.63) is 36.0 Å². The molecule has 0 aliphatic heterocycles. The number of nitrogens with one attached hydrogen (secondary N) is 1. The topological polar surface area (TPSA) is 62.2 Å². The van der Waals surface area contributed by atoms with E-state index in [9.17, 15) is 9.90 Å². The Kier molecular flexibility index (Phi) is 3.23. The van der Waals surface area contributed by atoms with Gasteiger partial charge in [-0.1, -0.05) is 6.92 Å². The minimum Gasteiger partial charge on any atom is -0.508 e. The summed E-state index contributed by atoms with van der Waals surface area (Å²) in [4.78, 5) is 15.9. The highest BCUT2D eigenvalue weighted by Gasteiger charge is 2.06. The molecule has 1 heterocycles. The van der Waals surface area contributed by atoms with Gasteiger partial charge in [-0.15, -0.1) is 0 Å². The second-order valence-corrected chi connectivity index (χ2v) is 3.86. The first kappa shape index (κ1) is 11.4. The number of benzene rings is 1. The summed E-state index contributed by atoms with van der Waals surface area (Å²) in [6.07, 6.45) is 2.42. The third-order valence-corrected chi connectivity index (χ3v) is 2.47. The molecule has 1 aromatic carbocycles. The monoisotopic (exact) mass is 230 g/mol. The maximum absolute atomic E-state index is 11.7. The van der Waals surface area contributed by atoms with Crippen molar-refractivity contribution in [1.29, 1.82) is 0 Å². The number of phenols is 1. The van der Waals surface area contributed by atoms with Gasteiger partial charge in [-0.3, -0.25) is 9.78 Å². The van der Waals surface area contributed by atoms with Crippen LogP contribution in [0, 0.1) is 0 Å². The van der Waals surface area contributed by atoms with E-state index < -0.39 is 0 Å². The predicted octanol–water partition coefficient (Wildman–Crippen LogP) is 2.08. The predicted molar refractivity (Wildman–Crippen MR) is 66.0 cm³/mol. The van der Waals surface area contributed by atoms with Gasteiger partial charge in [0.1, 0.15) is 5.75 Å². The maximum Gasteiger partial charge on any atom is 0.252 e. The standard InChI is InChI=1S/C13H14N2O2/c1-2-5-14-13(17)10-6-9-3-4-11(16)7-12(9)15-8-10/h3-4,6-8,16H,2,5H2,1H3,(H,14,17). The number of hydrogen-bond donors (Lipinski definition) is 2. The molecule has 0 saturated heterocycles. The molecule has 4 nitrogen and oxygen atoms in total. The molecule has 0 saturated carbocycles.